The molecule has 144 valence electrons. The lowest BCUT2D eigenvalue weighted by Crippen LogP contribution is -2.30. The van der Waals surface area contributed by atoms with Gasteiger partial charge >= 0.3 is 5.97 Å². The third-order valence-corrected chi connectivity index (χ3v) is 6.03. The van der Waals surface area contributed by atoms with Crippen LogP contribution in [0.5, 0.6) is 0 Å². The zero-order valence-corrected chi connectivity index (χ0v) is 18.9. The standard InChI is InChI=1S/C19H18BrCl2NO3S/c1-10-5-17(11(2)4-16(10)20)27-9-18(24)26-12(3)19(25)23-15-7-13(21)6-14(22)8-15/h4-8,12H,9H2,1-3H3,(H,23,25). The van der Waals surface area contributed by atoms with Gasteiger partial charge in [-0.3, -0.25) is 9.59 Å². The summed E-state index contributed by atoms with van der Waals surface area (Å²) in [6.45, 7) is 5.48. The van der Waals surface area contributed by atoms with Gasteiger partial charge in [0.25, 0.3) is 5.91 Å². The molecular formula is C19H18BrCl2NO3S. The van der Waals surface area contributed by atoms with Gasteiger partial charge in [0.2, 0.25) is 0 Å². The molecule has 0 aromatic heterocycles. The third kappa shape index (κ3) is 6.71. The van der Waals surface area contributed by atoms with Crippen molar-refractivity contribution < 1.29 is 14.3 Å². The maximum absolute atomic E-state index is 12.2. The number of nitrogens with one attached hydrogen (secondary N) is 1. The average Bonchev–Trinajstić information content (AvgIpc) is 2.55. The Morgan fingerprint density at radius 3 is 2.37 bits per heavy atom. The van der Waals surface area contributed by atoms with E-state index in [1.54, 1.807) is 18.2 Å². The first-order chi connectivity index (χ1) is 12.7. The summed E-state index contributed by atoms with van der Waals surface area (Å²) in [7, 11) is 0. The predicted molar refractivity (Wildman–Crippen MR) is 115 cm³/mol. The number of hydrogen-bond acceptors (Lipinski definition) is 4. The lowest BCUT2D eigenvalue weighted by molar-refractivity contribution is -0.150. The maximum Gasteiger partial charge on any atom is 0.317 e. The van der Waals surface area contributed by atoms with Gasteiger partial charge in [-0.05, 0) is 62.2 Å². The summed E-state index contributed by atoms with van der Waals surface area (Å²) in [5.74, 6) is -0.809. The molecule has 2 rings (SSSR count). The van der Waals surface area contributed by atoms with Gasteiger partial charge in [0, 0.05) is 25.1 Å². The largest absolute Gasteiger partial charge is 0.452 e. The number of hydrogen-bond donors (Lipinski definition) is 1. The van der Waals surface area contributed by atoms with Gasteiger partial charge in [0.15, 0.2) is 6.10 Å². The molecule has 0 heterocycles. The molecule has 2 aromatic carbocycles. The van der Waals surface area contributed by atoms with Crippen LogP contribution >= 0.6 is 50.9 Å². The van der Waals surface area contributed by atoms with E-state index in [2.05, 4.69) is 21.2 Å². The average molecular weight is 491 g/mol. The minimum Gasteiger partial charge on any atom is -0.452 e. The van der Waals surface area contributed by atoms with E-state index in [9.17, 15) is 9.59 Å². The van der Waals surface area contributed by atoms with E-state index >= 15 is 0 Å². The van der Waals surface area contributed by atoms with Crippen LogP contribution in [0.2, 0.25) is 10.0 Å². The van der Waals surface area contributed by atoms with Crippen LogP contribution in [0.25, 0.3) is 0 Å². The predicted octanol–water partition coefficient (Wildman–Crippen LogP) is 6.04. The summed E-state index contributed by atoms with van der Waals surface area (Å²) in [6, 6.07) is 8.71. The van der Waals surface area contributed by atoms with Crippen LogP contribution in [-0.2, 0) is 14.3 Å². The number of ether oxygens (including phenoxy) is 1. The Kier molecular flexibility index (Phi) is 8.04. The molecule has 4 nitrogen and oxygen atoms in total. The van der Waals surface area contributed by atoms with Crippen molar-refractivity contribution in [3.63, 3.8) is 0 Å². The summed E-state index contributed by atoms with van der Waals surface area (Å²) in [5, 5.41) is 3.43. The van der Waals surface area contributed by atoms with Crippen molar-refractivity contribution in [2.24, 2.45) is 0 Å². The highest BCUT2D eigenvalue weighted by atomic mass is 79.9. The minimum absolute atomic E-state index is 0.114. The van der Waals surface area contributed by atoms with Crippen molar-refractivity contribution in [2.75, 3.05) is 11.1 Å². The highest BCUT2D eigenvalue weighted by Crippen LogP contribution is 2.28. The third-order valence-electron chi connectivity index (χ3n) is 3.61. The van der Waals surface area contributed by atoms with Crippen molar-refractivity contribution in [1.82, 2.24) is 0 Å². The van der Waals surface area contributed by atoms with E-state index in [0.717, 1.165) is 20.5 Å². The number of aryl methyl sites for hydroxylation is 2. The number of rotatable bonds is 6. The normalized spacial score (nSPS) is 11.8. The Balaban J connectivity index is 1.89. The number of carbonyl (C=O) groups is 2. The Hall–Kier alpha value is -1.21. The zero-order chi connectivity index (χ0) is 20.1. The maximum atomic E-state index is 12.2. The van der Waals surface area contributed by atoms with Gasteiger partial charge in [-0.15, -0.1) is 11.8 Å². The highest BCUT2D eigenvalue weighted by molar-refractivity contribution is 9.10. The fourth-order valence-electron chi connectivity index (χ4n) is 2.20. The van der Waals surface area contributed by atoms with Crippen LogP contribution in [0.15, 0.2) is 39.7 Å². The number of esters is 1. The lowest BCUT2D eigenvalue weighted by atomic mass is 10.2. The molecule has 27 heavy (non-hydrogen) atoms. The molecule has 1 atom stereocenters. The van der Waals surface area contributed by atoms with E-state index in [1.165, 1.54) is 18.7 Å². The molecule has 0 fully saturated rings. The number of thioether (sulfide) groups is 1. The molecule has 0 spiro atoms. The molecule has 1 N–H and O–H groups in total. The highest BCUT2D eigenvalue weighted by Gasteiger charge is 2.19. The molecule has 1 amide bonds. The summed E-state index contributed by atoms with van der Waals surface area (Å²) in [4.78, 5) is 25.3. The van der Waals surface area contributed by atoms with Crippen LogP contribution in [0.3, 0.4) is 0 Å². The quantitative estimate of drug-likeness (QED) is 0.396. The second-order valence-electron chi connectivity index (χ2n) is 5.94. The summed E-state index contributed by atoms with van der Waals surface area (Å²) in [6.07, 6.45) is -0.941. The molecule has 0 saturated heterocycles. The van der Waals surface area contributed by atoms with Gasteiger partial charge in [-0.25, -0.2) is 0 Å². The molecule has 8 heteroatoms. The zero-order valence-electron chi connectivity index (χ0n) is 14.9. The molecule has 1 unspecified atom stereocenters. The van der Waals surface area contributed by atoms with E-state index in [4.69, 9.17) is 27.9 Å². The van der Waals surface area contributed by atoms with Crippen molar-refractivity contribution >= 4 is 68.5 Å². The smallest absolute Gasteiger partial charge is 0.317 e. The SMILES string of the molecule is Cc1cc(SCC(=O)OC(C)C(=O)Nc2cc(Cl)cc(Cl)c2)c(C)cc1Br. The molecule has 0 radical (unpaired) electrons. The van der Waals surface area contributed by atoms with E-state index in [0.29, 0.717) is 15.7 Å². The molecule has 0 aliphatic heterocycles. The van der Waals surface area contributed by atoms with Crippen molar-refractivity contribution in [2.45, 2.75) is 31.8 Å². The van der Waals surface area contributed by atoms with E-state index < -0.39 is 18.0 Å². The first kappa shape index (κ1) is 22.1. The Morgan fingerprint density at radius 2 is 1.74 bits per heavy atom. The fraction of sp³-hybridized carbons (Fsp3) is 0.263. The first-order valence-electron chi connectivity index (χ1n) is 8.01. The fourth-order valence-corrected chi connectivity index (χ4v) is 4.07. The number of amides is 1. The number of halogens is 3. The topological polar surface area (TPSA) is 55.4 Å². The van der Waals surface area contributed by atoms with Gasteiger partial charge < -0.3 is 10.1 Å². The monoisotopic (exact) mass is 489 g/mol. The number of anilines is 1. The first-order valence-corrected chi connectivity index (χ1v) is 10.5. The van der Waals surface area contributed by atoms with Crippen LogP contribution in [0, 0.1) is 13.8 Å². The van der Waals surface area contributed by atoms with Crippen LogP contribution in [0.1, 0.15) is 18.1 Å². The number of benzene rings is 2. The molecule has 0 aliphatic carbocycles. The Bertz CT molecular complexity index is 856. The molecule has 0 aliphatic rings. The van der Waals surface area contributed by atoms with Crippen molar-refractivity contribution in [3.05, 3.63) is 56.0 Å². The second-order valence-corrected chi connectivity index (χ2v) is 8.68. The van der Waals surface area contributed by atoms with Gasteiger partial charge in [0.1, 0.15) is 0 Å². The molecule has 0 bridgehead atoms. The minimum atomic E-state index is -0.941. The van der Waals surface area contributed by atoms with Gasteiger partial charge in [-0.1, -0.05) is 39.1 Å². The Morgan fingerprint density at radius 1 is 1.11 bits per heavy atom. The van der Waals surface area contributed by atoms with E-state index in [1.807, 2.05) is 26.0 Å². The van der Waals surface area contributed by atoms with Crippen LogP contribution in [-0.4, -0.2) is 23.7 Å². The van der Waals surface area contributed by atoms with Crippen molar-refractivity contribution in [1.29, 1.82) is 0 Å². The van der Waals surface area contributed by atoms with Crippen LogP contribution < -0.4 is 5.32 Å². The number of carbonyl (C=O) groups excluding carboxylic acids is 2. The summed E-state index contributed by atoms with van der Waals surface area (Å²) < 4.78 is 6.24. The molecule has 2 aromatic rings. The summed E-state index contributed by atoms with van der Waals surface area (Å²) >= 11 is 16.7. The van der Waals surface area contributed by atoms with Gasteiger partial charge in [0.05, 0.1) is 5.75 Å². The second kappa shape index (κ2) is 9.82. The molecular weight excluding hydrogens is 473 g/mol. The van der Waals surface area contributed by atoms with Crippen LogP contribution in [0.4, 0.5) is 5.69 Å². The lowest BCUT2D eigenvalue weighted by Gasteiger charge is -2.14. The van der Waals surface area contributed by atoms with Crippen molar-refractivity contribution in [3.8, 4) is 0 Å². The Labute approximate surface area is 181 Å². The molecule has 0 saturated carbocycles. The van der Waals surface area contributed by atoms with E-state index in [-0.39, 0.29) is 5.75 Å². The summed E-state index contributed by atoms with van der Waals surface area (Å²) in [5.41, 5.74) is 2.59. The van der Waals surface area contributed by atoms with Gasteiger partial charge in [-0.2, -0.15) is 0 Å².